The van der Waals surface area contributed by atoms with E-state index < -0.39 is 29.8 Å². The normalized spacial score (nSPS) is 11.3. The first kappa shape index (κ1) is 21.2. The van der Waals surface area contributed by atoms with E-state index in [1.54, 1.807) is 18.2 Å². The van der Waals surface area contributed by atoms with E-state index in [0.717, 1.165) is 17.7 Å². The maximum absolute atomic E-state index is 13.4. The zero-order valence-corrected chi connectivity index (χ0v) is 15.3. The van der Waals surface area contributed by atoms with Crippen molar-refractivity contribution in [1.82, 2.24) is 5.01 Å². The van der Waals surface area contributed by atoms with E-state index in [9.17, 15) is 22.4 Å². The summed E-state index contributed by atoms with van der Waals surface area (Å²) in [6.07, 6.45) is 0.247. The van der Waals surface area contributed by atoms with Crippen LogP contribution in [0.4, 0.5) is 23.2 Å². The zero-order valence-electron chi connectivity index (χ0n) is 15.3. The van der Waals surface area contributed by atoms with Gasteiger partial charge in [-0.2, -0.15) is 5.10 Å². The minimum Gasteiger partial charge on any atom is -0.497 e. The van der Waals surface area contributed by atoms with Crippen molar-refractivity contribution >= 4 is 17.7 Å². The number of nitrogens with zero attached hydrogens (tertiary/aromatic N) is 2. The molecule has 0 amide bonds. The van der Waals surface area contributed by atoms with Gasteiger partial charge < -0.3 is 10.1 Å². The molecule has 0 aliphatic carbocycles. The molecule has 0 aliphatic rings. The number of hydrogen-bond acceptors (Lipinski definition) is 5. The van der Waals surface area contributed by atoms with Crippen LogP contribution in [-0.2, 0) is 11.3 Å². The summed E-state index contributed by atoms with van der Waals surface area (Å²) in [5.41, 5.74) is 1.24. The van der Waals surface area contributed by atoms with Gasteiger partial charge in [0, 0.05) is 5.69 Å². The number of halogens is 4. The molecule has 2 aromatic carbocycles. The number of carbonyl (C=O) groups is 1. The lowest BCUT2D eigenvalue weighted by atomic mass is 10.2. The van der Waals surface area contributed by atoms with Gasteiger partial charge in [0.1, 0.15) is 24.8 Å². The molecule has 150 valence electrons. The highest BCUT2D eigenvalue weighted by molar-refractivity contribution is 6.28. The smallest absolute Gasteiger partial charge is 0.194 e. The molecule has 1 N–H and O–H groups in total. The number of hydrazone groups is 1. The minimum atomic E-state index is -1.58. The molecule has 0 bridgehead atoms. The lowest BCUT2D eigenvalue weighted by Crippen LogP contribution is -2.27. The molecule has 0 spiro atoms. The van der Waals surface area contributed by atoms with E-state index in [2.05, 4.69) is 10.4 Å². The van der Waals surface area contributed by atoms with Gasteiger partial charge in [0.25, 0.3) is 0 Å². The number of nitrogens with one attached hydrogen (secondary N) is 1. The maximum Gasteiger partial charge on any atom is 0.194 e. The Morgan fingerprint density at radius 2 is 1.89 bits per heavy atom. The largest absolute Gasteiger partial charge is 0.497 e. The van der Waals surface area contributed by atoms with E-state index in [1.165, 1.54) is 12.1 Å². The first-order valence-corrected chi connectivity index (χ1v) is 8.23. The number of anilines is 1. The maximum atomic E-state index is 13.4. The third-order valence-corrected chi connectivity index (χ3v) is 3.84. The predicted octanol–water partition coefficient (Wildman–Crippen LogP) is 3.82. The van der Waals surface area contributed by atoms with Gasteiger partial charge in [-0.3, -0.25) is 9.80 Å². The average Bonchev–Trinajstić information content (AvgIpc) is 2.68. The topological polar surface area (TPSA) is 53.9 Å². The zero-order chi connectivity index (χ0) is 20.7. The van der Waals surface area contributed by atoms with E-state index in [0.29, 0.717) is 11.4 Å². The van der Waals surface area contributed by atoms with Crippen molar-refractivity contribution in [1.29, 1.82) is 0 Å². The van der Waals surface area contributed by atoms with Crippen LogP contribution in [0.2, 0.25) is 0 Å². The fourth-order valence-electron chi connectivity index (χ4n) is 2.44. The Morgan fingerprint density at radius 3 is 2.43 bits per heavy atom. The molecular weight excluding hydrogens is 378 g/mol. The first-order valence-electron chi connectivity index (χ1n) is 8.23. The molecule has 0 heterocycles. The van der Waals surface area contributed by atoms with E-state index >= 15 is 0 Å². The number of ether oxygens (including phenoxy) is 1. The van der Waals surface area contributed by atoms with Crippen LogP contribution in [0.25, 0.3) is 0 Å². The van der Waals surface area contributed by atoms with Crippen LogP contribution in [-0.4, -0.2) is 37.5 Å². The fraction of sp³-hybridized carbons (Fsp3) is 0.263. The Labute approximate surface area is 159 Å². The molecule has 0 aliphatic heterocycles. The minimum absolute atomic E-state index is 0.00881. The van der Waals surface area contributed by atoms with Crippen molar-refractivity contribution in [3.05, 3.63) is 58.9 Å². The molecule has 28 heavy (non-hydrogen) atoms. The highest BCUT2D eigenvalue weighted by atomic mass is 19.2. The van der Waals surface area contributed by atoms with Crippen LogP contribution in [0.15, 0.2) is 35.4 Å². The summed E-state index contributed by atoms with van der Waals surface area (Å²) in [6, 6.07) is 6.90. The molecular formula is C19H19F4N3O2. The molecule has 0 unspecified atom stereocenters. The van der Waals surface area contributed by atoms with Gasteiger partial charge >= 0.3 is 0 Å². The average molecular weight is 397 g/mol. The monoisotopic (exact) mass is 397 g/mol. The van der Waals surface area contributed by atoms with Crippen LogP contribution in [0.3, 0.4) is 0 Å². The standard InChI is InChI=1S/C19H19F4N3O2/c1-12-5-15(28-2)3-4-18(12)24-11-26(25-14(8-20)10-27)9-13-6-16(21)19(23)17(22)7-13/h3-7,10,24H,8-9,11H2,1-2H3/b25-14-. The summed E-state index contributed by atoms with van der Waals surface area (Å²) in [6.45, 7) is 0.536. The van der Waals surface area contributed by atoms with Crippen molar-refractivity contribution in [2.24, 2.45) is 5.10 Å². The lowest BCUT2D eigenvalue weighted by molar-refractivity contribution is -0.102. The van der Waals surface area contributed by atoms with E-state index in [-0.39, 0.29) is 25.1 Å². The number of hydrogen-bond donors (Lipinski definition) is 1. The third-order valence-electron chi connectivity index (χ3n) is 3.84. The summed E-state index contributed by atoms with van der Waals surface area (Å²) >= 11 is 0. The van der Waals surface area contributed by atoms with E-state index in [1.807, 2.05) is 6.92 Å². The molecule has 0 fully saturated rings. The van der Waals surface area contributed by atoms with Gasteiger partial charge in [-0.15, -0.1) is 0 Å². The molecule has 5 nitrogen and oxygen atoms in total. The molecule has 0 radical (unpaired) electrons. The number of rotatable bonds is 9. The number of carbonyl (C=O) groups excluding carboxylic acids is 1. The predicted molar refractivity (Wildman–Crippen MR) is 97.6 cm³/mol. The van der Waals surface area contributed by atoms with Crippen LogP contribution in [0.5, 0.6) is 5.75 Å². The summed E-state index contributed by atoms with van der Waals surface area (Å²) in [4.78, 5) is 10.9. The van der Waals surface area contributed by atoms with Crippen LogP contribution in [0.1, 0.15) is 11.1 Å². The number of aryl methyl sites for hydroxylation is 1. The highest BCUT2D eigenvalue weighted by Gasteiger charge is 2.13. The highest BCUT2D eigenvalue weighted by Crippen LogP contribution is 2.21. The molecule has 2 rings (SSSR count). The molecule has 2 aromatic rings. The molecule has 9 heteroatoms. The van der Waals surface area contributed by atoms with E-state index in [4.69, 9.17) is 4.74 Å². The SMILES string of the molecule is COc1ccc(NCN(Cc2cc(F)c(F)c(F)c2)/N=C(\C=O)CF)c(C)c1. The molecule has 0 aromatic heterocycles. The molecule has 0 saturated heterocycles. The number of benzene rings is 2. The van der Waals surface area contributed by atoms with Gasteiger partial charge in [0.05, 0.1) is 13.7 Å². The quantitative estimate of drug-likeness (QED) is 0.175. The van der Waals surface area contributed by atoms with Crippen LogP contribution < -0.4 is 10.1 Å². The third kappa shape index (κ3) is 5.45. The Bertz CT molecular complexity index is 851. The number of aldehydes is 1. The molecule has 0 atom stereocenters. The number of alkyl halides is 1. The Balaban J connectivity index is 2.22. The van der Waals surface area contributed by atoms with Crippen LogP contribution >= 0.6 is 0 Å². The van der Waals surface area contributed by atoms with Crippen molar-refractivity contribution in [2.45, 2.75) is 13.5 Å². The van der Waals surface area contributed by atoms with Gasteiger partial charge in [-0.1, -0.05) is 0 Å². The summed E-state index contributed by atoms with van der Waals surface area (Å²) in [5.74, 6) is -3.61. The fourth-order valence-corrected chi connectivity index (χ4v) is 2.44. The van der Waals surface area contributed by atoms with Gasteiger partial charge in [-0.05, 0) is 48.4 Å². The van der Waals surface area contributed by atoms with Gasteiger partial charge in [0.15, 0.2) is 23.7 Å². The summed E-state index contributed by atoms with van der Waals surface area (Å²) in [5, 5.41) is 8.10. The van der Waals surface area contributed by atoms with Crippen molar-refractivity contribution in [2.75, 3.05) is 25.8 Å². The number of methoxy groups -OCH3 is 1. The Kier molecular flexibility index (Phi) is 7.36. The second-order valence-corrected chi connectivity index (χ2v) is 5.90. The van der Waals surface area contributed by atoms with Gasteiger partial charge in [-0.25, -0.2) is 17.6 Å². The Hall–Kier alpha value is -3.10. The van der Waals surface area contributed by atoms with Crippen LogP contribution in [0, 0.1) is 24.4 Å². The van der Waals surface area contributed by atoms with Crippen molar-refractivity contribution < 1.29 is 27.1 Å². The lowest BCUT2D eigenvalue weighted by Gasteiger charge is -2.22. The summed E-state index contributed by atoms with van der Waals surface area (Å²) < 4.78 is 58.0. The molecule has 0 saturated carbocycles. The van der Waals surface area contributed by atoms with Crippen molar-refractivity contribution in [3.63, 3.8) is 0 Å². The second kappa shape index (κ2) is 9.72. The van der Waals surface area contributed by atoms with Crippen molar-refractivity contribution in [3.8, 4) is 5.75 Å². The first-order chi connectivity index (χ1) is 13.4. The Morgan fingerprint density at radius 1 is 1.21 bits per heavy atom. The van der Waals surface area contributed by atoms with Gasteiger partial charge in [0.2, 0.25) is 0 Å². The summed E-state index contributed by atoms with van der Waals surface area (Å²) in [7, 11) is 1.54. The second-order valence-electron chi connectivity index (χ2n) is 5.90.